The van der Waals surface area contributed by atoms with Gasteiger partial charge < -0.3 is 15.2 Å². The summed E-state index contributed by atoms with van der Waals surface area (Å²) in [4.78, 5) is 0. The monoisotopic (exact) mass is 315 g/mol. The smallest absolute Gasteiger partial charge is 0.133 e. The van der Waals surface area contributed by atoms with Gasteiger partial charge in [0, 0.05) is 12.1 Å². The van der Waals surface area contributed by atoms with Crippen molar-refractivity contribution in [3.8, 4) is 5.75 Å². The maximum atomic E-state index is 9.34. The van der Waals surface area contributed by atoms with E-state index >= 15 is 0 Å². The number of benzene rings is 1. The van der Waals surface area contributed by atoms with Gasteiger partial charge in [-0.15, -0.1) is 0 Å². The van der Waals surface area contributed by atoms with E-state index in [1.807, 2.05) is 18.2 Å². The second-order valence-electron chi connectivity index (χ2n) is 4.82. The minimum Gasteiger partial charge on any atom is -0.496 e. The number of halogens is 1. The number of hydrogen-bond donors (Lipinski definition) is 2. The Balaban J connectivity index is 2.77. The van der Waals surface area contributed by atoms with Crippen LogP contribution in [0.1, 0.15) is 32.4 Å². The van der Waals surface area contributed by atoms with Crippen LogP contribution in [0.15, 0.2) is 22.7 Å². The summed E-state index contributed by atoms with van der Waals surface area (Å²) in [7, 11) is 1.65. The SMILES string of the molecule is COc1ccc(C(C)N[C@H](CO)C(C)C)cc1Br. The fourth-order valence-electron chi connectivity index (χ4n) is 1.83. The Morgan fingerprint density at radius 3 is 2.44 bits per heavy atom. The summed E-state index contributed by atoms with van der Waals surface area (Å²) in [6.45, 7) is 6.45. The molecule has 1 unspecified atom stereocenters. The van der Waals surface area contributed by atoms with Crippen LogP contribution >= 0.6 is 15.9 Å². The fourth-order valence-corrected chi connectivity index (χ4v) is 2.38. The number of aliphatic hydroxyl groups is 1. The van der Waals surface area contributed by atoms with E-state index in [9.17, 15) is 5.11 Å². The third-order valence-corrected chi connectivity index (χ3v) is 3.76. The lowest BCUT2D eigenvalue weighted by atomic mass is 10.0. The lowest BCUT2D eigenvalue weighted by Gasteiger charge is -2.25. The Labute approximate surface area is 118 Å². The molecule has 0 radical (unpaired) electrons. The maximum absolute atomic E-state index is 9.34. The Morgan fingerprint density at radius 1 is 1.33 bits per heavy atom. The molecule has 2 atom stereocenters. The summed E-state index contributed by atoms with van der Waals surface area (Å²) in [6.07, 6.45) is 0. The number of aliphatic hydroxyl groups excluding tert-OH is 1. The van der Waals surface area contributed by atoms with Crippen LogP contribution < -0.4 is 10.1 Å². The maximum Gasteiger partial charge on any atom is 0.133 e. The molecule has 0 aliphatic rings. The van der Waals surface area contributed by atoms with Gasteiger partial charge in [0.05, 0.1) is 18.2 Å². The molecule has 3 nitrogen and oxygen atoms in total. The summed E-state index contributed by atoms with van der Waals surface area (Å²) >= 11 is 3.49. The molecule has 0 aliphatic heterocycles. The van der Waals surface area contributed by atoms with Crippen LogP contribution in [-0.4, -0.2) is 24.9 Å². The second kappa shape index (κ2) is 7.12. The molecule has 0 bridgehead atoms. The Bertz CT molecular complexity index is 382. The van der Waals surface area contributed by atoms with E-state index in [-0.39, 0.29) is 18.7 Å². The van der Waals surface area contributed by atoms with Crippen LogP contribution in [0, 0.1) is 5.92 Å². The predicted molar refractivity (Wildman–Crippen MR) is 78.0 cm³/mol. The van der Waals surface area contributed by atoms with Crippen molar-refractivity contribution >= 4 is 15.9 Å². The summed E-state index contributed by atoms with van der Waals surface area (Å²) in [6, 6.07) is 6.33. The van der Waals surface area contributed by atoms with E-state index in [1.165, 1.54) is 5.56 Å². The topological polar surface area (TPSA) is 41.5 Å². The van der Waals surface area contributed by atoms with Gasteiger partial charge in [-0.25, -0.2) is 0 Å². The van der Waals surface area contributed by atoms with Gasteiger partial charge in [-0.1, -0.05) is 19.9 Å². The van der Waals surface area contributed by atoms with Crippen LogP contribution in [0.3, 0.4) is 0 Å². The molecule has 0 amide bonds. The molecule has 0 saturated carbocycles. The van der Waals surface area contributed by atoms with E-state index in [2.05, 4.69) is 42.0 Å². The summed E-state index contributed by atoms with van der Waals surface area (Å²) < 4.78 is 6.16. The molecular weight excluding hydrogens is 294 g/mol. The number of methoxy groups -OCH3 is 1. The van der Waals surface area contributed by atoms with Crippen molar-refractivity contribution < 1.29 is 9.84 Å². The molecule has 0 aliphatic carbocycles. The van der Waals surface area contributed by atoms with Gasteiger partial charge in [0.1, 0.15) is 5.75 Å². The molecule has 1 rings (SSSR count). The highest BCUT2D eigenvalue weighted by atomic mass is 79.9. The zero-order valence-corrected chi connectivity index (χ0v) is 13.0. The summed E-state index contributed by atoms with van der Waals surface area (Å²) in [5.41, 5.74) is 1.17. The largest absolute Gasteiger partial charge is 0.496 e. The third kappa shape index (κ3) is 3.97. The zero-order valence-electron chi connectivity index (χ0n) is 11.4. The van der Waals surface area contributed by atoms with Crippen molar-refractivity contribution in [2.45, 2.75) is 32.9 Å². The van der Waals surface area contributed by atoms with Gasteiger partial charge in [-0.3, -0.25) is 0 Å². The molecule has 0 saturated heterocycles. The third-order valence-electron chi connectivity index (χ3n) is 3.14. The molecule has 102 valence electrons. The first-order chi connectivity index (χ1) is 8.49. The molecule has 18 heavy (non-hydrogen) atoms. The molecule has 2 N–H and O–H groups in total. The predicted octanol–water partition coefficient (Wildman–Crippen LogP) is 3.13. The van der Waals surface area contributed by atoms with E-state index in [0.717, 1.165) is 10.2 Å². The Hall–Kier alpha value is -0.580. The van der Waals surface area contributed by atoms with Crippen LogP contribution in [-0.2, 0) is 0 Å². The lowest BCUT2D eigenvalue weighted by molar-refractivity contribution is 0.201. The first-order valence-corrected chi connectivity index (χ1v) is 6.99. The fraction of sp³-hybridized carbons (Fsp3) is 0.571. The summed E-state index contributed by atoms with van der Waals surface area (Å²) in [5.74, 6) is 1.23. The zero-order chi connectivity index (χ0) is 13.7. The average Bonchev–Trinajstić information content (AvgIpc) is 2.35. The normalized spacial score (nSPS) is 14.6. The highest BCUT2D eigenvalue weighted by molar-refractivity contribution is 9.10. The van der Waals surface area contributed by atoms with E-state index in [1.54, 1.807) is 7.11 Å². The first-order valence-electron chi connectivity index (χ1n) is 6.20. The van der Waals surface area contributed by atoms with Crippen molar-refractivity contribution in [3.63, 3.8) is 0 Å². The molecule has 1 aromatic carbocycles. The van der Waals surface area contributed by atoms with Crippen molar-refractivity contribution in [2.75, 3.05) is 13.7 Å². The molecule has 0 heterocycles. The number of rotatable bonds is 6. The average molecular weight is 316 g/mol. The Kier molecular flexibility index (Phi) is 6.12. The van der Waals surface area contributed by atoms with Gasteiger partial charge in [0.25, 0.3) is 0 Å². The molecule has 0 fully saturated rings. The van der Waals surface area contributed by atoms with Crippen LogP contribution in [0.2, 0.25) is 0 Å². The molecule has 0 aromatic heterocycles. The van der Waals surface area contributed by atoms with Gasteiger partial charge in [0.15, 0.2) is 0 Å². The second-order valence-corrected chi connectivity index (χ2v) is 5.67. The van der Waals surface area contributed by atoms with Crippen molar-refractivity contribution in [2.24, 2.45) is 5.92 Å². The minimum absolute atomic E-state index is 0.112. The van der Waals surface area contributed by atoms with Crippen LogP contribution in [0.5, 0.6) is 5.75 Å². The number of ether oxygens (including phenoxy) is 1. The highest BCUT2D eigenvalue weighted by Crippen LogP contribution is 2.28. The molecule has 1 aromatic rings. The quantitative estimate of drug-likeness (QED) is 0.847. The Morgan fingerprint density at radius 2 is 2.00 bits per heavy atom. The summed E-state index contributed by atoms with van der Waals surface area (Å²) in [5, 5.41) is 12.8. The van der Waals surface area contributed by atoms with E-state index in [4.69, 9.17) is 4.74 Å². The van der Waals surface area contributed by atoms with Gasteiger partial charge in [0.2, 0.25) is 0 Å². The first kappa shape index (κ1) is 15.5. The van der Waals surface area contributed by atoms with Gasteiger partial charge in [-0.05, 0) is 46.5 Å². The van der Waals surface area contributed by atoms with E-state index < -0.39 is 0 Å². The van der Waals surface area contributed by atoms with E-state index in [0.29, 0.717) is 5.92 Å². The van der Waals surface area contributed by atoms with Crippen LogP contribution in [0.4, 0.5) is 0 Å². The number of hydrogen-bond acceptors (Lipinski definition) is 3. The van der Waals surface area contributed by atoms with Gasteiger partial charge >= 0.3 is 0 Å². The number of nitrogens with one attached hydrogen (secondary N) is 1. The molecule has 0 spiro atoms. The molecule has 4 heteroatoms. The van der Waals surface area contributed by atoms with Gasteiger partial charge in [-0.2, -0.15) is 0 Å². The standard InChI is InChI=1S/C14H22BrNO2/c1-9(2)13(8-17)16-10(3)11-5-6-14(18-4)12(15)7-11/h5-7,9-10,13,16-17H,8H2,1-4H3/t10?,13-/m1/s1. The minimum atomic E-state index is 0.112. The van der Waals surface area contributed by atoms with Crippen molar-refractivity contribution in [3.05, 3.63) is 28.2 Å². The van der Waals surface area contributed by atoms with Crippen molar-refractivity contribution in [1.29, 1.82) is 0 Å². The highest BCUT2D eigenvalue weighted by Gasteiger charge is 2.16. The lowest BCUT2D eigenvalue weighted by Crippen LogP contribution is -2.38. The molecular formula is C14H22BrNO2. The van der Waals surface area contributed by atoms with Crippen molar-refractivity contribution in [1.82, 2.24) is 5.32 Å². The van der Waals surface area contributed by atoms with Crippen LogP contribution in [0.25, 0.3) is 0 Å².